The van der Waals surface area contributed by atoms with E-state index in [4.69, 9.17) is 5.73 Å². The van der Waals surface area contributed by atoms with Crippen molar-refractivity contribution in [1.82, 2.24) is 9.78 Å². The van der Waals surface area contributed by atoms with E-state index in [0.29, 0.717) is 13.1 Å². The number of anilines is 3. The molecule has 0 fully saturated rings. The first-order valence-electron chi connectivity index (χ1n) is 8.67. The first-order valence-corrected chi connectivity index (χ1v) is 8.67. The Hall–Kier alpha value is -3.61. The molecule has 0 bridgehead atoms. The van der Waals surface area contributed by atoms with Crippen LogP contribution in [0.2, 0.25) is 0 Å². The van der Waals surface area contributed by atoms with Crippen LogP contribution in [0.15, 0.2) is 70.9 Å². The van der Waals surface area contributed by atoms with Crippen molar-refractivity contribution < 1.29 is 2.85 Å². The lowest BCUT2D eigenvalue weighted by Gasteiger charge is -2.14. The molecule has 0 aliphatic rings. The Morgan fingerprint density at radius 1 is 1.19 bits per heavy atom. The largest absolute Gasteiger partial charge is 0.390 e. The fraction of sp³-hybridized carbons (Fsp3) is 0.150. The lowest BCUT2D eigenvalue weighted by Crippen LogP contribution is -2.06. The SMILES string of the molecule is Cn1cc(-c2ccc(Nc3ccccc3)cc2NCCN=CN=CN)cn1.[HH].[HH]. The van der Waals surface area contributed by atoms with Crippen LogP contribution in [0.3, 0.4) is 0 Å². The molecule has 1 aromatic heterocycles. The normalized spacial score (nSPS) is 11.3. The molecule has 0 atom stereocenters. The highest BCUT2D eigenvalue weighted by molar-refractivity contribution is 5.81. The molecular weight excluding hydrogens is 338 g/mol. The first-order chi connectivity index (χ1) is 13.3. The molecule has 2 aromatic carbocycles. The van der Waals surface area contributed by atoms with Crippen LogP contribution in [0.25, 0.3) is 11.1 Å². The van der Waals surface area contributed by atoms with Gasteiger partial charge in [-0.2, -0.15) is 5.10 Å². The third-order valence-corrected chi connectivity index (χ3v) is 3.89. The molecule has 0 saturated heterocycles. The van der Waals surface area contributed by atoms with Crippen LogP contribution in [0.4, 0.5) is 17.1 Å². The highest BCUT2D eigenvalue weighted by Crippen LogP contribution is 2.31. The third-order valence-electron chi connectivity index (χ3n) is 3.89. The van der Waals surface area contributed by atoms with E-state index in [1.165, 1.54) is 12.7 Å². The van der Waals surface area contributed by atoms with E-state index in [0.717, 1.165) is 28.2 Å². The third kappa shape index (κ3) is 5.18. The molecular formula is C20H27N7. The van der Waals surface area contributed by atoms with Crippen molar-refractivity contribution in [2.24, 2.45) is 22.8 Å². The van der Waals surface area contributed by atoms with Crippen LogP contribution >= 0.6 is 0 Å². The van der Waals surface area contributed by atoms with Crippen LogP contribution < -0.4 is 16.4 Å². The van der Waals surface area contributed by atoms with Gasteiger partial charge in [0.15, 0.2) is 0 Å². The monoisotopic (exact) mass is 365 g/mol. The Morgan fingerprint density at radius 2 is 2.04 bits per heavy atom. The Morgan fingerprint density at radius 3 is 2.78 bits per heavy atom. The lowest BCUT2D eigenvalue weighted by atomic mass is 10.1. The van der Waals surface area contributed by atoms with Crippen molar-refractivity contribution >= 4 is 29.7 Å². The molecule has 3 aromatic rings. The van der Waals surface area contributed by atoms with Crippen molar-refractivity contribution in [3.05, 3.63) is 60.9 Å². The number of hydrogen-bond donors (Lipinski definition) is 3. The number of benzene rings is 2. The highest BCUT2D eigenvalue weighted by Gasteiger charge is 2.08. The summed E-state index contributed by atoms with van der Waals surface area (Å²) in [5.74, 6) is 0. The van der Waals surface area contributed by atoms with E-state index >= 15 is 0 Å². The maximum absolute atomic E-state index is 5.19. The van der Waals surface area contributed by atoms with E-state index < -0.39 is 0 Å². The van der Waals surface area contributed by atoms with E-state index in [2.05, 4.69) is 43.9 Å². The summed E-state index contributed by atoms with van der Waals surface area (Å²) in [6.07, 6.45) is 6.53. The zero-order valence-corrected chi connectivity index (χ0v) is 15.2. The molecule has 27 heavy (non-hydrogen) atoms. The molecule has 0 saturated carbocycles. The summed E-state index contributed by atoms with van der Waals surface area (Å²) in [6.45, 7) is 1.28. The minimum absolute atomic E-state index is 0. The van der Waals surface area contributed by atoms with Gasteiger partial charge in [-0.25, -0.2) is 4.99 Å². The molecule has 0 spiro atoms. The molecule has 0 radical (unpaired) electrons. The van der Waals surface area contributed by atoms with Crippen molar-refractivity contribution in [2.75, 3.05) is 23.7 Å². The number of nitrogens with one attached hydrogen (secondary N) is 2. The Balaban J connectivity index is 0.00000210. The smallest absolute Gasteiger partial charge is 0.111 e. The van der Waals surface area contributed by atoms with E-state index in [1.807, 2.05) is 49.8 Å². The quantitative estimate of drug-likeness (QED) is 0.322. The summed E-state index contributed by atoms with van der Waals surface area (Å²) in [5, 5.41) is 11.1. The Kier molecular flexibility index (Phi) is 6.19. The van der Waals surface area contributed by atoms with Crippen molar-refractivity contribution in [3.63, 3.8) is 0 Å². The number of hydrogen-bond acceptors (Lipinski definition) is 4. The summed E-state index contributed by atoms with van der Waals surface area (Å²) < 4.78 is 1.80. The minimum Gasteiger partial charge on any atom is -0.390 e. The summed E-state index contributed by atoms with van der Waals surface area (Å²) in [7, 11) is 1.91. The topological polar surface area (TPSA) is 92.6 Å². The van der Waals surface area contributed by atoms with Crippen LogP contribution in [0, 0.1) is 0 Å². The van der Waals surface area contributed by atoms with Gasteiger partial charge in [-0.1, -0.05) is 24.3 Å². The highest BCUT2D eigenvalue weighted by atomic mass is 15.2. The molecule has 1 heterocycles. The predicted octanol–water partition coefficient (Wildman–Crippen LogP) is 3.75. The molecule has 0 aliphatic heterocycles. The summed E-state index contributed by atoms with van der Waals surface area (Å²) in [6, 6.07) is 16.3. The van der Waals surface area contributed by atoms with Crippen molar-refractivity contribution in [3.8, 4) is 11.1 Å². The van der Waals surface area contributed by atoms with Gasteiger partial charge < -0.3 is 16.4 Å². The summed E-state index contributed by atoms with van der Waals surface area (Å²) in [4.78, 5) is 7.93. The van der Waals surface area contributed by atoms with Gasteiger partial charge in [0.25, 0.3) is 0 Å². The van der Waals surface area contributed by atoms with Gasteiger partial charge in [-0.3, -0.25) is 9.67 Å². The molecule has 7 heteroatoms. The van der Waals surface area contributed by atoms with E-state index in [-0.39, 0.29) is 2.85 Å². The maximum atomic E-state index is 5.19. The van der Waals surface area contributed by atoms with Gasteiger partial charge in [-0.05, 0) is 24.3 Å². The number of nitrogens with zero attached hydrogens (tertiary/aromatic N) is 4. The van der Waals surface area contributed by atoms with Crippen molar-refractivity contribution in [2.45, 2.75) is 0 Å². The van der Waals surface area contributed by atoms with E-state index in [9.17, 15) is 0 Å². The van der Waals surface area contributed by atoms with Gasteiger partial charge >= 0.3 is 0 Å². The standard InChI is InChI=1S/C20H23N7.2H2/c1-27-13-16(12-25-27)19-8-7-18(26-17-5-3-2-4-6-17)11-20(19)24-10-9-22-15-23-14-21;;/h2-8,11-15,24,26H,9-10H2,1H3,(H2,21,22,23);2*1H. The zero-order chi connectivity index (χ0) is 18.9. The Labute approximate surface area is 161 Å². The fourth-order valence-corrected chi connectivity index (χ4v) is 2.67. The van der Waals surface area contributed by atoms with Crippen LogP contribution in [-0.2, 0) is 7.05 Å². The first kappa shape index (κ1) is 18.2. The molecule has 7 nitrogen and oxygen atoms in total. The minimum atomic E-state index is 0. The van der Waals surface area contributed by atoms with Crippen LogP contribution in [0.5, 0.6) is 0 Å². The van der Waals surface area contributed by atoms with Crippen LogP contribution in [-0.4, -0.2) is 35.5 Å². The van der Waals surface area contributed by atoms with Crippen LogP contribution in [0.1, 0.15) is 2.85 Å². The molecule has 142 valence electrons. The lowest BCUT2D eigenvalue weighted by molar-refractivity contribution is 0.768. The predicted molar refractivity (Wildman–Crippen MR) is 117 cm³/mol. The fourth-order valence-electron chi connectivity index (χ4n) is 2.67. The number of aromatic nitrogens is 2. The number of rotatable bonds is 8. The second kappa shape index (κ2) is 9.19. The second-order valence-corrected chi connectivity index (χ2v) is 5.90. The molecule has 0 unspecified atom stereocenters. The van der Waals surface area contributed by atoms with Gasteiger partial charge in [0, 0.05) is 50.8 Å². The summed E-state index contributed by atoms with van der Waals surface area (Å²) in [5.41, 5.74) is 10.4. The average Bonchev–Trinajstić information content (AvgIpc) is 3.12. The van der Waals surface area contributed by atoms with Gasteiger partial charge in [0.2, 0.25) is 0 Å². The van der Waals surface area contributed by atoms with Crippen molar-refractivity contribution in [1.29, 1.82) is 0 Å². The number of para-hydroxylation sites is 1. The number of aryl methyl sites for hydroxylation is 1. The maximum Gasteiger partial charge on any atom is 0.111 e. The molecule has 0 aliphatic carbocycles. The second-order valence-electron chi connectivity index (χ2n) is 5.90. The van der Waals surface area contributed by atoms with Gasteiger partial charge in [0.05, 0.1) is 19.1 Å². The van der Waals surface area contributed by atoms with Gasteiger partial charge in [0.1, 0.15) is 6.34 Å². The Bertz CT molecular complexity index is 924. The molecule has 4 N–H and O–H groups in total. The zero-order valence-electron chi connectivity index (χ0n) is 15.2. The van der Waals surface area contributed by atoms with E-state index in [1.54, 1.807) is 4.68 Å². The average molecular weight is 365 g/mol. The summed E-state index contributed by atoms with van der Waals surface area (Å²) >= 11 is 0. The van der Waals surface area contributed by atoms with Gasteiger partial charge in [-0.15, -0.1) is 0 Å². The number of aliphatic imine (C=N–C) groups is 2. The molecule has 0 amide bonds. The number of nitrogens with two attached hydrogens (primary N) is 1. The molecule has 3 rings (SSSR count).